The number of carbonyl (C=O) groups is 2. The molecule has 26 heavy (non-hydrogen) atoms. The van der Waals surface area contributed by atoms with Gasteiger partial charge in [0.25, 0.3) is 5.91 Å². The first-order chi connectivity index (χ1) is 12.5. The summed E-state index contributed by atoms with van der Waals surface area (Å²) in [6.45, 7) is 5.77. The topological polar surface area (TPSA) is 61.4 Å². The predicted octanol–water partition coefficient (Wildman–Crippen LogP) is 3.59. The van der Waals surface area contributed by atoms with Crippen LogP contribution in [0.1, 0.15) is 34.3 Å². The van der Waals surface area contributed by atoms with E-state index in [2.05, 4.69) is 10.6 Å². The molecule has 2 aromatic carbocycles. The summed E-state index contributed by atoms with van der Waals surface area (Å²) in [6, 6.07) is 13.3. The average molecular weight is 351 g/mol. The molecule has 0 aliphatic carbocycles. The van der Waals surface area contributed by atoms with E-state index >= 15 is 0 Å². The van der Waals surface area contributed by atoms with Gasteiger partial charge in [0.05, 0.1) is 6.54 Å². The van der Waals surface area contributed by atoms with Crippen molar-refractivity contribution in [1.82, 2.24) is 4.90 Å². The molecule has 1 saturated heterocycles. The monoisotopic (exact) mass is 351 g/mol. The summed E-state index contributed by atoms with van der Waals surface area (Å²) in [5.74, 6) is -0.0547. The van der Waals surface area contributed by atoms with Crippen LogP contribution in [0.2, 0.25) is 0 Å². The molecule has 2 N–H and O–H groups in total. The zero-order valence-electron chi connectivity index (χ0n) is 15.3. The lowest BCUT2D eigenvalue weighted by Gasteiger charge is -2.16. The van der Waals surface area contributed by atoms with E-state index in [1.807, 2.05) is 61.2 Å². The molecule has 0 spiro atoms. The number of hydrogen-bond donors (Lipinski definition) is 2. The lowest BCUT2D eigenvalue weighted by Crippen LogP contribution is -2.27. The van der Waals surface area contributed by atoms with Crippen LogP contribution in [0.25, 0.3) is 0 Å². The fraction of sp³-hybridized carbons (Fsp3) is 0.333. The number of anilines is 2. The van der Waals surface area contributed by atoms with Crippen molar-refractivity contribution >= 4 is 23.2 Å². The van der Waals surface area contributed by atoms with Crippen molar-refractivity contribution in [2.75, 3.05) is 30.3 Å². The summed E-state index contributed by atoms with van der Waals surface area (Å²) >= 11 is 0. The standard InChI is InChI=1S/C21H25N3O2/c1-15-8-9-16(2)19(12-15)23-20(25)14-22-18-7-5-6-17(13-18)21(26)24-10-3-4-11-24/h5-9,12-13,22H,3-4,10-11,14H2,1-2H3,(H,23,25). The van der Waals surface area contributed by atoms with Gasteiger partial charge < -0.3 is 15.5 Å². The quantitative estimate of drug-likeness (QED) is 0.865. The number of amides is 2. The van der Waals surface area contributed by atoms with Crippen LogP contribution in [-0.2, 0) is 4.79 Å². The first kappa shape index (κ1) is 18.0. The molecule has 3 rings (SSSR count). The van der Waals surface area contributed by atoms with Gasteiger partial charge in [-0.25, -0.2) is 0 Å². The Morgan fingerprint density at radius 3 is 2.58 bits per heavy atom. The van der Waals surface area contributed by atoms with Gasteiger partial charge in [-0.05, 0) is 62.1 Å². The molecule has 136 valence electrons. The average Bonchev–Trinajstić information content (AvgIpc) is 3.17. The van der Waals surface area contributed by atoms with E-state index in [1.165, 1.54) is 0 Å². The molecule has 1 fully saturated rings. The lowest BCUT2D eigenvalue weighted by atomic mass is 10.1. The first-order valence-electron chi connectivity index (χ1n) is 9.03. The predicted molar refractivity (Wildman–Crippen MR) is 105 cm³/mol. The Balaban J connectivity index is 1.59. The van der Waals surface area contributed by atoms with Crippen LogP contribution >= 0.6 is 0 Å². The second kappa shape index (κ2) is 8.04. The van der Waals surface area contributed by atoms with Crippen LogP contribution in [0, 0.1) is 13.8 Å². The highest BCUT2D eigenvalue weighted by Gasteiger charge is 2.19. The minimum atomic E-state index is -0.116. The molecule has 0 unspecified atom stereocenters. The summed E-state index contributed by atoms with van der Waals surface area (Å²) in [5.41, 5.74) is 4.39. The third kappa shape index (κ3) is 4.42. The maximum Gasteiger partial charge on any atom is 0.253 e. The fourth-order valence-corrected chi connectivity index (χ4v) is 3.11. The van der Waals surface area contributed by atoms with Gasteiger partial charge in [-0.3, -0.25) is 9.59 Å². The van der Waals surface area contributed by atoms with Gasteiger partial charge in [0.1, 0.15) is 0 Å². The molecule has 5 nitrogen and oxygen atoms in total. The van der Waals surface area contributed by atoms with Crippen molar-refractivity contribution in [1.29, 1.82) is 0 Å². The van der Waals surface area contributed by atoms with Crippen LogP contribution < -0.4 is 10.6 Å². The molecule has 0 aromatic heterocycles. The molecular formula is C21H25N3O2. The highest BCUT2D eigenvalue weighted by atomic mass is 16.2. The van der Waals surface area contributed by atoms with Crippen molar-refractivity contribution in [3.05, 3.63) is 59.2 Å². The maximum atomic E-state index is 12.5. The van der Waals surface area contributed by atoms with Crippen molar-refractivity contribution in [2.24, 2.45) is 0 Å². The number of benzene rings is 2. The number of carbonyl (C=O) groups excluding carboxylic acids is 2. The molecule has 0 radical (unpaired) electrons. The zero-order chi connectivity index (χ0) is 18.5. The first-order valence-corrected chi connectivity index (χ1v) is 9.03. The number of nitrogens with one attached hydrogen (secondary N) is 2. The van der Waals surface area contributed by atoms with Gasteiger partial charge in [-0.15, -0.1) is 0 Å². The normalized spacial score (nSPS) is 13.5. The Bertz CT molecular complexity index is 811. The number of hydrogen-bond acceptors (Lipinski definition) is 3. The molecule has 0 atom stereocenters. The number of aryl methyl sites for hydroxylation is 2. The zero-order valence-corrected chi connectivity index (χ0v) is 15.3. The fourth-order valence-electron chi connectivity index (χ4n) is 3.11. The van der Waals surface area contributed by atoms with Gasteiger partial charge in [0.2, 0.25) is 5.91 Å². The van der Waals surface area contributed by atoms with Gasteiger partial charge in [-0.1, -0.05) is 18.2 Å². The third-order valence-electron chi connectivity index (χ3n) is 4.62. The minimum absolute atomic E-state index is 0.0611. The van der Waals surface area contributed by atoms with E-state index < -0.39 is 0 Å². The van der Waals surface area contributed by atoms with Gasteiger partial charge in [-0.2, -0.15) is 0 Å². The SMILES string of the molecule is Cc1ccc(C)c(NC(=O)CNc2cccc(C(=O)N3CCCC3)c2)c1. The highest BCUT2D eigenvalue weighted by molar-refractivity contribution is 5.96. The summed E-state index contributed by atoms with van der Waals surface area (Å²) in [5, 5.41) is 6.03. The number of nitrogens with zero attached hydrogens (tertiary/aromatic N) is 1. The van der Waals surface area contributed by atoms with Crippen LogP contribution in [0.5, 0.6) is 0 Å². The second-order valence-corrected chi connectivity index (χ2v) is 6.80. The van der Waals surface area contributed by atoms with Gasteiger partial charge in [0, 0.05) is 30.0 Å². The molecule has 5 heteroatoms. The lowest BCUT2D eigenvalue weighted by molar-refractivity contribution is -0.114. The molecule has 2 aromatic rings. The summed E-state index contributed by atoms with van der Waals surface area (Å²) in [7, 11) is 0. The van der Waals surface area contributed by atoms with E-state index in [4.69, 9.17) is 0 Å². The molecule has 1 heterocycles. The smallest absolute Gasteiger partial charge is 0.253 e. The Morgan fingerprint density at radius 1 is 1.04 bits per heavy atom. The molecule has 0 bridgehead atoms. The van der Waals surface area contributed by atoms with Crippen molar-refractivity contribution in [3.8, 4) is 0 Å². The molecule has 1 aliphatic rings. The van der Waals surface area contributed by atoms with E-state index in [0.717, 1.165) is 48.4 Å². The van der Waals surface area contributed by atoms with Crippen LogP contribution in [0.3, 0.4) is 0 Å². The van der Waals surface area contributed by atoms with Gasteiger partial charge >= 0.3 is 0 Å². The maximum absolute atomic E-state index is 12.5. The number of rotatable bonds is 5. The van der Waals surface area contributed by atoms with Crippen LogP contribution in [-0.4, -0.2) is 36.3 Å². The van der Waals surface area contributed by atoms with E-state index in [9.17, 15) is 9.59 Å². The van der Waals surface area contributed by atoms with Crippen LogP contribution in [0.15, 0.2) is 42.5 Å². The molecule has 0 saturated carbocycles. The minimum Gasteiger partial charge on any atom is -0.376 e. The summed E-state index contributed by atoms with van der Waals surface area (Å²) in [6.07, 6.45) is 2.14. The van der Waals surface area contributed by atoms with E-state index in [1.54, 1.807) is 0 Å². The molecule has 2 amide bonds. The van der Waals surface area contributed by atoms with Crippen molar-refractivity contribution in [3.63, 3.8) is 0 Å². The third-order valence-corrected chi connectivity index (χ3v) is 4.62. The Hall–Kier alpha value is -2.82. The number of likely N-dealkylation sites (tertiary alicyclic amines) is 1. The molecular weight excluding hydrogens is 326 g/mol. The Morgan fingerprint density at radius 2 is 1.81 bits per heavy atom. The second-order valence-electron chi connectivity index (χ2n) is 6.80. The van der Waals surface area contributed by atoms with Crippen molar-refractivity contribution < 1.29 is 9.59 Å². The van der Waals surface area contributed by atoms with Crippen LogP contribution in [0.4, 0.5) is 11.4 Å². The van der Waals surface area contributed by atoms with E-state index in [-0.39, 0.29) is 18.4 Å². The molecule has 1 aliphatic heterocycles. The summed E-state index contributed by atoms with van der Waals surface area (Å²) < 4.78 is 0. The largest absolute Gasteiger partial charge is 0.376 e. The highest BCUT2D eigenvalue weighted by Crippen LogP contribution is 2.18. The summed E-state index contributed by atoms with van der Waals surface area (Å²) in [4.78, 5) is 26.6. The Labute approximate surface area is 154 Å². The van der Waals surface area contributed by atoms with Gasteiger partial charge in [0.15, 0.2) is 0 Å². The Kier molecular flexibility index (Phi) is 5.56. The van der Waals surface area contributed by atoms with Crippen molar-refractivity contribution in [2.45, 2.75) is 26.7 Å². The van der Waals surface area contributed by atoms with E-state index in [0.29, 0.717) is 5.56 Å².